The number of fused-ring (bicyclic) bond motifs is 1. The fraction of sp³-hybridized carbons (Fsp3) is 0.680. The largest absolute Gasteiger partial charge is 0.481 e. The summed E-state index contributed by atoms with van der Waals surface area (Å²) in [4.78, 5) is 85.8. The number of imidazole rings is 1. The Bertz CT molecular complexity index is 1760. The molecule has 3 rings (SSSR count). The van der Waals surface area contributed by atoms with E-state index in [2.05, 4.69) is 34.4 Å². The maximum Gasteiger partial charge on any atom is 0.481 e. The third-order valence-electron chi connectivity index (χ3n) is 7.33. The number of carboxylic acid groups (broad SMARTS) is 1. The number of hydrogen-bond donors (Lipinski definition) is 10. The van der Waals surface area contributed by atoms with Gasteiger partial charge in [0.25, 0.3) is 0 Å². The Morgan fingerprint density at radius 1 is 1.04 bits per heavy atom. The minimum Gasteiger partial charge on any atom is -0.481 e. The monoisotopic (exact) mass is 853 g/mol. The highest BCUT2D eigenvalue weighted by atomic mass is 32.2. The highest BCUT2D eigenvalue weighted by Crippen LogP contribution is 2.61. The minimum atomic E-state index is -5.57. The van der Waals surface area contributed by atoms with Gasteiger partial charge in [-0.2, -0.15) is 16.1 Å². The number of thioether (sulfide) groups is 1. The summed E-state index contributed by atoms with van der Waals surface area (Å²) in [6.45, 7) is 0.610. The first-order valence-corrected chi connectivity index (χ1v) is 21.4. The summed E-state index contributed by atoms with van der Waals surface area (Å²) in [5.41, 5.74) is 4.25. The minimum absolute atomic E-state index is 0.0285. The Kier molecular flexibility index (Phi) is 16.5. The number of phosphoric acid groups is 3. The third kappa shape index (κ3) is 14.1. The molecule has 54 heavy (non-hydrogen) atoms. The van der Waals surface area contributed by atoms with E-state index >= 15 is 0 Å². The first kappa shape index (κ1) is 45.7. The molecule has 3 unspecified atom stereocenters. The van der Waals surface area contributed by atoms with Gasteiger partial charge in [0.05, 0.1) is 19.5 Å². The Morgan fingerprint density at radius 2 is 1.72 bits per heavy atom. The first-order valence-electron chi connectivity index (χ1n) is 15.7. The number of nitrogens with one attached hydrogen (secondary N) is 2. The molecule has 3 heterocycles. The maximum atomic E-state index is 12.6. The molecule has 2 amide bonds. The molecule has 1 saturated heterocycles. The summed E-state index contributed by atoms with van der Waals surface area (Å²) in [6, 6.07) is 0. The van der Waals surface area contributed by atoms with Crippen LogP contribution >= 0.6 is 35.2 Å². The van der Waals surface area contributed by atoms with Crippen molar-refractivity contribution in [3.8, 4) is 0 Å². The molecule has 7 atom stereocenters. The zero-order valence-corrected chi connectivity index (χ0v) is 32.1. The van der Waals surface area contributed by atoms with Crippen LogP contribution in [0.5, 0.6) is 0 Å². The van der Waals surface area contributed by atoms with Gasteiger partial charge in [0.1, 0.15) is 36.3 Å². The summed E-state index contributed by atoms with van der Waals surface area (Å²) in [5.74, 6) is -1.15. The summed E-state index contributed by atoms with van der Waals surface area (Å²) < 4.78 is 61.9. The molecule has 25 nitrogen and oxygen atoms in total. The summed E-state index contributed by atoms with van der Waals surface area (Å²) in [6.07, 6.45) is -6.34. The van der Waals surface area contributed by atoms with Crippen molar-refractivity contribution in [2.24, 2.45) is 5.41 Å². The molecule has 0 aromatic carbocycles. The van der Waals surface area contributed by atoms with Crippen molar-refractivity contribution in [3.63, 3.8) is 0 Å². The summed E-state index contributed by atoms with van der Waals surface area (Å²) >= 11 is 1.46. The van der Waals surface area contributed by atoms with Crippen LogP contribution in [0.3, 0.4) is 0 Å². The normalized spacial score (nSPS) is 22.0. The molecule has 0 saturated carbocycles. The molecule has 0 aliphatic carbocycles. The number of nitrogen functional groups attached to an aromatic ring is 1. The lowest BCUT2D eigenvalue weighted by atomic mass is 9.87. The summed E-state index contributed by atoms with van der Waals surface area (Å²) in [7, 11) is -16.4. The highest BCUT2D eigenvalue weighted by Gasteiger charge is 2.50. The number of aliphatic hydroxyl groups is 2. The zero-order valence-electron chi connectivity index (χ0n) is 28.6. The fourth-order valence-corrected chi connectivity index (χ4v) is 8.26. The van der Waals surface area contributed by atoms with Crippen LogP contribution in [0.2, 0.25) is 0 Å². The lowest BCUT2D eigenvalue weighted by Crippen LogP contribution is -2.46. The number of carbonyl (C=O) groups excluding carboxylic acids is 2. The van der Waals surface area contributed by atoms with Gasteiger partial charge < -0.3 is 56.0 Å². The van der Waals surface area contributed by atoms with Crippen LogP contribution in [0.25, 0.3) is 11.2 Å². The van der Waals surface area contributed by atoms with Gasteiger partial charge in [-0.1, -0.05) is 13.8 Å². The average Bonchev–Trinajstić information content (AvgIpc) is 3.62. The molecule has 29 heteroatoms. The number of aromatic nitrogens is 4. The predicted octanol–water partition coefficient (Wildman–Crippen LogP) is -0.997. The Balaban J connectivity index is 1.49. The fourth-order valence-electron chi connectivity index (χ4n) is 4.63. The van der Waals surface area contributed by atoms with E-state index in [0.717, 1.165) is 17.2 Å². The van der Waals surface area contributed by atoms with E-state index < -0.39 is 90.5 Å². The number of nitrogens with zero attached hydrogens (tertiary/aromatic N) is 4. The average molecular weight is 854 g/mol. The van der Waals surface area contributed by atoms with Crippen LogP contribution in [-0.4, -0.2) is 134 Å². The van der Waals surface area contributed by atoms with Gasteiger partial charge in [-0.3, -0.25) is 32.5 Å². The lowest BCUT2D eigenvalue weighted by molar-refractivity contribution is -0.137. The second-order valence-electron chi connectivity index (χ2n) is 12.2. The van der Waals surface area contributed by atoms with Gasteiger partial charge in [0.15, 0.2) is 17.7 Å². The van der Waals surface area contributed by atoms with Crippen molar-refractivity contribution in [2.45, 2.75) is 63.8 Å². The van der Waals surface area contributed by atoms with Crippen LogP contribution in [0, 0.1) is 5.41 Å². The van der Waals surface area contributed by atoms with Crippen LogP contribution in [0.1, 0.15) is 39.3 Å². The van der Waals surface area contributed by atoms with E-state index in [4.69, 9.17) is 24.6 Å². The number of ether oxygens (including phenoxy) is 1. The quantitative estimate of drug-likeness (QED) is 0.0473. The van der Waals surface area contributed by atoms with Gasteiger partial charge in [0.2, 0.25) is 11.8 Å². The van der Waals surface area contributed by atoms with E-state index in [9.17, 15) is 57.9 Å². The van der Waals surface area contributed by atoms with Crippen molar-refractivity contribution < 1.29 is 85.6 Å². The number of phosphoric ester groups is 3. The van der Waals surface area contributed by atoms with Crippen molar-refractivity contribution >= 4 is 70.0 Å². The van der Waals surface area contributed by atoms with E-state index in [-0.39, 0.29) is 36.4 Å². The molecular formula is C25H42N7O18P3S. The molecule has 11 N–H and O–H groups in total. The molecule has 0 radical (unpaired) electrons. The molecule has 0 bridgehead atoms. The lowest BCUT2D eigenvalue weighted by Gasteiger charge is -2.30. The van der Waals surface area contributed by atoms with Gasteiger partial charge in [-0.15, -0.1) is 0 Å². The van der Waals surface area contributed by atoms with Gasteiger partial charge in [-0.25, -0.2) is 28.6 Å². The van der Waals surface area contributed by atoms with Gasteiger partial charge in [0, 0.05) is 37.1 Å². The predicted molar refractivity (Wildman–Crippen MR) is 184 cm³/mol. The number of carboxylic acids is 1. The second kappa shape index (κ2) is 19.5. The SMILES string of the molecule is CC(C)(COP(=O)(O)OP(=O)(O)OC[C@H]1O[C@@H](n2cnc3c(N)ncnc32)[C@H](O)[C@@H]1OP(=O)(O)O)C(O)C(=O)NCCC(=O)NCCSCCCC(=O)O. The smallest absolute Gasteiger partial charge is 0.481 e. The molecular weight excluding hydrogens is 811 g/mol. The Morgan fingerprint density at radius 3 is 2.39 bits per heavy atom. The standard InChI is InChI=1S/C25H42N7O18P3S/c1-25(2,20(37)23(38)28-6-5-15(33)27-7-9-54-8-3-4-16(34)35)11-47-53(44,45)50-52(42,43)46-10-14-19(49-51(39,40)41)18(36)24(48-14)32-13-31-17-21(26)29-12-30-22(17)32/h12-14,18-20,24,36-37H,3-11H2,1-2H3,(H,27,33)(H,28,38)(H,34,35)(H,42,43)(H,44,45)(H2,26,29,30)(H2,39,40,41)/t14-,18-,19-,20?,24-/m1/s1. The molecule has 306 valence electrons. The van der Waals surface area contributed by atoms with E-state index in [1.165, 1.54) is 25.6 Å². The van der Waals surface area contributed by atoms with Crippen molar-refractivity contribution in [1.82, 2.24) is 30.2 Å². The highest BCUT2D eigenvalue weighted by molar-refractivity contribution is 7.99. The van der Waals surface area contributed by atoms with E-state index in [1.807, 2.05) is 0 Å². The Hall–Kier alpha value is -2.64. The van der Waals surface area contributed by atoms with Crippen molar-refractivity contribution in [1.29, 1.82) is 0 Å². The topological polar surface area (TPSA) is 384 Å². The molecule has 0 spiro atoms. The first-order chi connectivity index (χ1) is 25.0. The number of carbonyl (C=O) groups is 3. The van der Waals surface area contributed by atoms with Crippen molar-refractivity contribution in [3.05, 3.63) is 12.7 Å². The molecule has 1 fully saturated rings. The third-order valence-corrected chi connectivity index (χ3v) is 11.5. The van der Waals surface area contributed by atoms with E-state index in [1.54, 1.807) is 0 Å². The van der Waals surface area contributed by atoms with Gasteiger partial charge in [-0.05, 0) is 12.2 Å². The van der Waals surface area contributed by atoms with E-state index in [0.29, 0.717) is 24.5 Å². The molecule has 1 aliphatic rings. The number of anilines is 1. The maximum absolute atomic E-state index is 12.6. The molecule has 1 aliphatic heterocycles. The number of aliphatic carboxylic acids is 1. The second-order valence-corrected chi connectivity index (χ2v) is 17.6. The molecule has 2 aromatic heterocycles. The van der Waals surface area contributed by atoms with Crippen LogP contribution < -0.4 is 16.4 Å². The van der Waals surface area contributed by atoms with Crippen LogP contribution in [0.4, 0.5) is 5.82 Å². The number of nitrogens with two attached hydrogens (primary N) is 1. The number of amides is 2. The van der Waals surface area contributed by atoms with Crippen molar-refractivity contribution in [2.75, 3.05) is 43.5 Å². The number of aliphatic hydroxyl groups excluding tert-OH is 2. The number of rotatable bonds is 23. The van der Waals surface area contributed by atoms with Gasteiger partial charge >= 0.3 is 29.4 Å². The molecule has 2 aromatic rings. The zero-order chi connectivity index (χ0) is 40.5. The van der Waals surface area contributed by atoms with Crippen LogP contribution in [0.15, 0.2) is 12.7 Å². The Labute approximate surface area is 310 Å². The number of hydrogen-bond acceptors (Lipinski definition) is 18. The summed E-state index contributed by atoms with van der Waals surface area (Å²) in [5, 5.41) is 34.9. The van der Waals surface area contributed by atoms with Crippen LogP contribution in [-0.2, 0) is 50.7 Å².